The molecule has 18 heavy (non-hydrogen) atoms. The molecule has 1 fully saturated rings. The topological polar surface area (TPSA) is 83.6 Å². The second-order valence-electron chi connectivity index (χ2n) is 5.12. The Bertz CT molecular complexity index is 305. The first-order valence-electron chi connectivity index (χ1n) is 6.73. The number of piperidine rings is 1. The van der Waals surface area contributed by atoms with Gasteiger partial charge in [0.25, 0.3) is 0 Å². The SMILES string of the molecule is CCC(CC)(CN)C(=O)N1CCC[C@H](C(=O)O)C1. The van der Waals surface area contributed by atoms with Gasteiger partial charge < -0.3 is 15.7 Å². The van der Waals surface area contributed by atoms with Crippen LogP contribution in [0, 0.1) is 11.3 Å². The Kier molecular flexibility index (Phi) is 5.14. The highest BCUT2D eigenvalue weighted by atomic mass is 16.4. The summed E-state index contributed by atoms with van der Waals surface area (Å²) < 4.78 is 0. The molecular formula is C13H24N2O3. The molecule has 1 heterocycles. The molecule has 1 rings (SSSR count). The molecule has 1 atom stereocenters. The van der Waals surface area contributed by atoms with Crippen molar-refractivity contribution in [3.63, 3.8) is 0 Å². The average molecular weight is 256 g/mol. The van der Waals surface area contributed by atoms with Crippen LogP contribution < -0.4 is 5.73 Å². The summed E-state index contributed by atoms with van der Waals surface area (Å²) >= 11 is 0. The Labute approximate surface area is 108 Å². The quantitative estimate of drug-likeness (QED) is 0.771. The Morgan fingerprint density at radius 2 is 2.00 bits per heavy atom. The van der Waals surface area contributed by atoms with Crippen LogP contribution in [0.15, 0.2) is 0 Å². The molecule has 1 saturated heterocycles. The third-order valence-electron chi connectivity index (χ3n) is 4.26. The fraction of sp³-hybridized carbons (Fsp3) is 0.846. The first-order chi connectivity index (χ1) is 8.50. The van der Waals surface area contributed by atoms with Gasteiger partial charge in [-0.25, -0.2) is 0 Å². The van der Waals surface area contributed by atoms with E-state index in [1.165, 1.54) is 0 Å². The predicted octanol–water partition coefficient (Wildman–Crippen LogP) is 1.07. The molecule has 0 aromatic carbocycles. The second-order valence-corrected chi connectivity index (χ2v) is 5.12. The van der Waals surface area contributed by atoms with E-state index in [1.807, 2.05) is 13.8 Å². The van der Waals surface area contributed by atoms with Gasteiger partial charge in [0.1, 0.15) is 0 Å². The van der Waals surface area contributed by atoms with Gasteiger partial charge in [0, 0.05) is 19.6 Å². The van der Waals surface area contributed by atoms with Gasteiger partial charge in [-0.2, -0.15) is 0 Å². The van der Waals surface area contributed by atoms with E-state index in [-0.39, 0.29) is 5.91 Å². The number of nitrogens with zero attached hydrogens (tertiary/aromatic N) is 1. The summed E-state index contributed by atoms with van der Waals surface area (Å²) in [5.41, 5.74) is 5.25. The standard InChI is InChI=1S/C13H24N2O3/c1-3-13(4-2,9-14)12(18)15-7-5-6-10(8-15)11(16)17/h10H,3-9,14H2,1-2H3,(H,16,17)/t10-/m0/s1. The zero-order valence-electron chi connectivity index (χ0n) is 11.3. The van der Waals surface area contributed by atoms with Crippen molar-refractivity contribution in [1.82, 2.24) is 4.90 Å². The molecule has 0 radical (unpaired) electrons. The lowest BCUT2D eigenvalue weighted by Gasteiger charge is -2.38. The maximum absolute atomic E-state index is 12.5. The number of carboxylic acid groups (broad SMARTS) is 1. The molecule has 0 aromatic heterocycles. The van der Waals surface area contributed by atoms with Crippen molar-refractivity contribution in [3.05, 3.63) is 0 Å². The highest BCUT2D eigenvalue weighted by molar-refractivity contribution is 5.83. The lowest BCUT2D eigenvalue weighted by Crippen LogP contribution is -2.51. The van der Waals surface area contributed by atoms with Crippen LogP contribution in [0.1, 0.15) is 39.5 Å². The average Bonchev–Trinajstić information content (AvgIpc) is 2.41. The Hall–Kier alpha value is -1.10. The molecule has 0 saturated carbocycles. The van der Waals surface area contributed by atoms with Crippen LogP contribution in [0.4, 0.5) is 0 Å². The normalized spacial score (nSPS) is 20.8. The van der Waals surface area contributed by atoms with E-state index in [1.54, 1.807) is 4.90 Å². The molecule has 0 bridgehead atoms. The summed E-state index contributed by atoms with van der Waals surface area (Å²) in [5, 5.41) is 9.05. The number of rotatable bonds is 5. The lowest BCUT2D eigenvalue weighted by molar-refractivity contribution is -0.149. The van der Waals surface area contributed by atoms with Gasteiger partial charge >= 0.3 is 5.97 Å². The van der Waals surface area contributed by atoms with Gasteiger partial charge in [0.15, 0.2) is 0 Å². The van der Waals surface area contributed by atoms with Gasteiger partial charge in [-0.15, -0.1) is 0 Å². The van der Waals surface area contributed by atoms with Crippen LogP contribution in [-0.4, -0.2) is 41.5 Å². The zero-order valence-corrected chi connectivity index (χ0v) is 11.3. The third kappa shape index (κ3) is 2.83. The van der Waals surface area contributed by atoms with E-state index in [0.717, 1.165) is 6.42 Å². The number of carbonyl (C=O) groups excluding carboxylic acids is 1. The van der Waals surface area contributed by atoms with Crippen LogP contribution in [0.2, 0.25) is 0 Å². The molecule has 104 valence electrons. The minimum atomic E-state index is -0.807. The van der Waals surface area contributed by atoms with Crippen molar-refractivity contribution < 1.29 is 14.7 Å². The summed E-state index contributed by atoms with van der Waals surface area (Å²) in [7, 11) is 0. The molecule has 0 unspecified atom stereocenters. The Balaban J connectivity index is 2.79. The maximum Gasteiger partial charge on any atom is 0.308 e. The Morgan fingerprint density at radius 1 is 1.39 bits per heavy atom. The molecule has 1 aliphatic rings. The Morgan fingerprint density at radius 3 is 2.44 bits per heavy atom. The monoisotopic (exact) mass is 256 g/mol. The molecule has 0 aliphatic carbocycles. The minimum absolute atomic E-state index is 0.0287. The van der Waals surface area contributed by atoms with E-state index in [4.69, 9.17) is 10.8 Å². The third-order valence-corrected chi connectivity index (χ3v) is 4.26. The zero-order chi connectivity index (χ0) is 13.8. The van der Waals surface area contributed by atoms with Gasteiger partial charge in [0.05, 0.1) is 11.3 Å². The number of amides is 1. The van der Waals surface area contributed by atoms with Crippen molar-refractivity contribution in [1.29, 1.82) is 0 Å². The van der Waals surface area contributed by atoms with Gasteiger partial charge in [0.2, 0.25) is 5.91 Å². The summed E-state index contributed by atoms with van der Waals surface area (Å²) in [5.74, 6) is -1.20. The van der Waals surface area contributed by atoms with Crippen LogP contribution in [0.3, 0.4) is 0 Å². The van der Waals surface area contributed by atoms with Gasteiger partial charge in [-0.1, -0.05) is 13.8 Å². The number of carboxylic acids is 1. The molecular weight excluding hydrogens is 232 g/mol. The number of hydrogen-bond acceptors (Lipinski definition) is 3. The molecule has 5 heteroatoms. The fourth-order valence-electron chi connectivity index (χ4n) is 2.63. The number of carbonyl (C=O) groups is 2. The molecule has 0 aromatic rings. The van der Waals surface area contributed by atoms with Gasteiger partial charge in [-0.3, -0.25) is 9.59 Å². The largest absolute Gasteiger partial charge is 0.481 e. The number of aliphatic carboxylic acids is 1. The molecule has 1 amide bonds. The minimum Gasteiger partial charge on any atom is -0.481 e. The molecule has 0 spiro atoms. The van der Waals surface area contributed by atoms with Crippen molar-refractivity contribution in [2.75, 3.05) is 19.6 Å². The molecule has 3 N–H and O–H groups in total. The van der Waals surface area contributed by atoms with Crippen LogP contribution in [-0.2, 0) is 9.59 Å². The predicted molar refractivity (Wildman–Crippen MR) is 69.0 cm³/mol. The van der Waals surface area contributed by atoms with E-state index in [2.05, 4.69) is 0 Å². The van der Waals surface area contributed by atoms with Gasteiger partial charge in [-0.05, 0) is 25.7 Å². The summed E-state index contributed by atoms with van der Waals surface area (Å²) in [6.07, 6.45) is 2.82. The molecule has 5 nitrogen and oxygen atoms in total. The number of hydrogen-bond donors (Lipinski definition) is 2. The van der Waals surface area contributed by atoms with E-state index >= 15 is 0 Å². The lowest BCUT2D eigenvalue weighted by atomic mass is 9.80. The van der Waals surface area contributed by atoms with Crippen molar-refractivity contribution in [3.8, 4) is 0 Å². The van der Waals surface area contributed by atoms with Crippen molar-refractivity contribution >= 4 is 11.9 Å². The van der Waals surface area contributed by atoms with Crippen molar-refractivity contribution in [2.24, 2.45) is 17.1 Å². The van der Waals surface area contributed by atoms with Crippen LogP contribution in [0.25, 0.3) is 0 Å². The highest BCUT2D eigenvalue weighted by Crippen LogP contribution is 2.30. The highest BCUT2D eigenvalue weighted by Gasteiger charge is 2.39. The van der Waals surface area contributed by atoms with E-state index < -0.39 is 17.3 Å². The van der Waals surface area contributed by atoms with Crippen molar-refractivity contribution in [2.45, 2.75) is 39.5 Å². The number of likely N-dealkylation sites (tertiary alicyclic amines) is 1. The summed E-state index contributed by atoms with van der Waals surface area (Å²) in [6.45, 7) is 5.24. The molecule has 1 aliphatic heterocycles. The van der Waals surface area contributed by atoms with Crippen LogP contribution in [0.5, 0.6) is 0 Å². The van der Waals surface area contributed by atoms with Crippen LogP contribution >= 0.6 is 0 Å². The summed E-state index contributed by atoms with van der Waals surface area (Å²) in [6, 6.07) is 0. The maximum atomic E-state index is 12.5. The summed E-state index contributed by atoms with van der Waals surface area (Å²) in [4.78, 5) is 25.2. The number of nitrogens with two attached hydrogens (primary N) is 1. The van der Waals surface area contributed by atoms with E-state index in [9.17, 15) is 9.59 Å². The first kappa shape index (κ1) is 15.0. The second kappa shape index (κ2) is 6.18. The van der Waals surface area contributed by atoms with E-state index in [0.29, 0.717) is 38.9 Å². The first-order valence-corrected chi connectivity index (χ1v) is 6.73. The smallest absolute Gasteiger partial charge is 0.308 e. The fourth-order valence-corrected chi connectivity index (χ4v) is 2.63.